The van der Waals surface area contributed by atoms with Crippen LogP contribution in [-0.2, 0) is 15.1 Å². The molecule has 0 aliphatic heterocycles. The van der Waals surface area contributed by atoms with E-state index in [1.807, 2.05) is 6.92 Å². The molecular weight excluding hydrogens is 236 g/mol. The molecule has 6 nitrogen and oxygen atoms in total. The first-order valence-corrected chi connectivity index (χ1v) is 5.83. The van der Waals surface area contributed by atoms with Gasteiger partial charge in [0.1, 0.15) is 17.0 Å². The maximum atomic E-state index is 11.8. The highest BCUT2D eigenvalue weighted by molar-refractivity contribution is 5.88. The number of esters is 1. The summed E-state index contributed by atoms with van der Waals surface area (Å²) in [5, 5.41) is 0. The zero-order valence-electron chi connectivity index (χ0n) is 11.1. The van der Waals surface area contributed by atoms with Gasteiger partial charge in [0.2, 0.25) is 0 Å². The van der Waals surface area contributed by atoms with Crippen molar-refractivity contribution in [3.8, 4) is 0 Å². The quantitative estimate of drug-likeness (QED) is 0.799. The van der Waals surface area contributed by atoms with E-state index in [2.05, 4.69) is 9.97 Å². The molecular formula is C12H18N2O4. The molecule has 0 aliphatic carbocycles. The number of carbonyl (C=O) groups excluding carboxylic acids is 1. The smallest absolute Gasteiger partial charge is 0.345 e. The van der Waals surface area contributed by atoms with Gasteiger partial charge in [-0.05, 0) is 27.7 Å². The van der Waals surface area contributed by atoms with Crippen LogP contribution in [0.15, 0.2) is 11.0 Å². The van der Waals surface area contributed by atoms with Gasteiger partial charge in [-0.2, -0.15) is 0 Å². The molecule has 1 N–H and O–H groups in total. The number of hydrogen-bond donors (Lipinski definition) is 1. The highest BCUT2D eigenvalue weighted by Crippen LogP contribution is 2.19. The van der Waals surface area contributed by atoms with Crippen molar-refractivity contribution < 1.29 is 14.3 Å². The summed E-state index contributed by atoms with van der Waals surface area (Å²) in [7, 11) is 0. The molecule has 0 saturated carbocycles. The summed E-state index contributed by atoms with van der Waals surface area (Å²) in [5.41, 5.74) is -1.33. The number of rotatable bonds is 5. The van der Waals surface area contributed by atoms with E-state index in [4.69, 9.17) is 9.47 Å². The number of H-pyrrole nitrogens is 1. The second-order valence-electron chi connectivity index (χ2n) is 4.14. The molecule has 1 rings (SSSR count). The molecule has 1 heterocycles. The first kappa shape index (κ1) is 14.4. The number of nitrogens with zero attached hydrogens (tertiary/aromatic N) is 1. The van der Waals surface area contributed by atoms with Crippen molar-refractivity contribution in [3.63, 3.8) is 0 Å². The van der Waals surface area contributed by atoms with Crippen molar-refractivity contribution in [1.29, 1.82) is 0 Å². The second kappa shape index (κ2) is 5.77. The van der Waals surface area contributed by atoms with Crippen molar-refractivity contribution in [2.45, 2.75) is 33.3 Å². The van der Waals surface area contributed by atoms with Crippen LogP contribution in [0.4, 0.5) is 0 Å². The van der Waals surface area contributed by atoms with E-state index < -0.39 is 17.1 Å². The number of hydrogen-bond acceptors (Lipinski definition) is 5. The Hall–Kier alpha value is -1.69. The summed E-state index contributed by atoms with van der Waals surface area (Å²) in [5.74, 6) is -0.297. The molecule has 1 aromatic rings. The van der Waals surface area contributed by atoms with Crippen molar-refractivity contribution in [2.75, 3.05) is 13.2 Å². The summed E-state index contributed by atoms with van der Waals surface area (Å²) < 4.78 is 10.2. The maximum absolute atomic E-state index is 11.8. The zero-order chi connectivity index (χ0) is 13.8. The Morgan fingerprint density at radius 3 is 2.56 bits per heavy atom. The monoisotopic (exact) mass is 254 g/mol. The van der Waals surface area contributed by atoms with Crippen LogP contribution in [0.1, 0.15) is 43.9 Å². The van der Waals surface area contributed by atoms with Gasteiger partial charge in [-0.3, -0.25) is 4.79 Å². The van der Waals surface area contributed by atoms with Crippen LogP contribution in [0.2, 0.25) is 0 Å². The van der Waals surface area contributed by atoms with Gasteiger partial charge in [0, 0.05) is 12.8 Å². The highest BCUT2D eigenvalue weighted by Gasteiger charge is 2.25. The number of carbonyl (C=O) groups is 1. The normalized spacial score (nSPS) is 11.3. The standard InChI is InChI=1S/C12H18N2O4/c1-5-17-10(16)8-7-13-11(14-9(8)15)12(3,4)18-6-2/h7H,5-6H2,1-4H3,(H,13,14,15). The van der Waals surface area contributed by atoms with Gasteiger partial charge in [-0.15, -0.1) is 0 Å². The van der Waals surface area contributed by atoms with E-state index in [0.29, 0.717) is 12.4 Å². The fourth-order valence-electron chi connectivity index (χ4n) is 1.48. The van der Waals surface area contributed by atoms with Crippen LogP contribution in [0.5, 0.6) is 0 Å². The van der Waals surface area contributed by atoms with Crippen molar-refractivity contribution >= 4 is 5.97 Å². The number of aromatic nitrogens is 2. The van der Waals surface area contributed by atoms with E-state index in [1.54, 1.807) is 20.8 Å². The third-order valence-electron chi connectivity index (χ3n) is 2.37. The van der Waals surface area contributed by atoms with E-state index >= 15 is 0 Å². The highest BCUT2D eigenvalue weighted by atomic mass is 16.5. The summed E-state index contributed by atoms with van der Waals surface area (Å²) >= 11 is 0. The van der Waals surface area contributed by atoms with Gasteiger partial charge in [0.05, 0.1) is 6.61 Å². The average molecular weight is 254 g/mol. The number of nitrogens with one attached hydrogen (secondary N) is 1. The minimum Gasteiger partial charge on any atom is -0.462 e. The maximum Gasteiger partial charge on any atom is 0.345 e. The molecule has 1 aromatic heterocycles. The van der Waals surface area contributed by atoms with Gasteiger partial charge in [0.15, 0.2) is 0 Å². The van der Waals surface area contributed by atoms with Gasteiger partial charge in [-0.25, -0.2) is 9.78 Å². The molecule has 0 aliphatic rings. The Kier molecular flexibility index (Phi) is 4.61. The summed E-state index contributed by atoms with van der Waals surface area (Å²) in [6, 6.07) is 0. The van der Waals surface area contributed by atoms with Crippen LogP contribution < -0.4 is 5.56 Å². The van der Waals surface area contributed by atoms with Crippen LogP contribution in [0, 0.1) is 0 Å². The van der Waals surface area contributed by atoms with E-state index in [1.165, 1.54) is 6.20 Å². The molecule has 0 aromatic carbocycles. The Labute approximate surface area is 105 Å². The second-order valence-corrected chi connectivity index (χ2v) is 4.14. The molecule has 0 bridgehead atoms. The largest absolute Gasteiger partial charge is 0.462 e. The predicted molar refractivity (Wildman–Crippen MR) is 65.5 cm³/mol. The minimum absolute atomic E-state index is 0.104. The third kappa shape index (κ3) is 3.16. The Bertz CT molecular complexity index is 479. The number of aromatic amines is 1. The molecule has 0 atom stereocenters. The molecule has 0 radical (unpaired) electrons. The van der Waals surface area contributed by atoms with Gasteiger partial charge in [0.25, 0.3) is 5.56 Å². The fourth-order valence-corrected chi connectivity index (χ4v) is 1.48. The van der Waals surface area contributed by atoms with Crippen molar-refractivity contribution in [3.05, 3.63) is 27.9 Å². The molecule has 18 heavy (non-hydrogen) atoms. The topological polar surface area (TPSA) is 81.3 Å². The predicted octanol–water partition coefficient (Wildman–Crippen LogP) is 1.22. The van der Waals surface area contributed by atoms with Gasteiger partial charge >= 0.3 is 5.97 Å². The lowest BCUT2D eigenvalue weighted by Crippen LogP contribution is -2.30. The van der Waals surface area contributed by atoms with E-state index in [0.717, 1.165) is 0 Å². The SMILES string of the molecule is CCOC(=O)c1cnc(C(C)(C)OCC)[nH]c1=O. The third-order valence-corrected chi connectivity index (χ3v) is 2.37. The minimum atomic E-state index is -0.707. The summed E-state index contributed by atoms with van der Waals surface area (Å²) in [4.78, 5) is 29.8. The van der Waals surface area contributed by atoms with Crippen molar-refractivity contribution in [2.24, 2.45) is 0 Å². The summed E-state index contributed by atoms with van der Waals surface area (Å²) in [6.07, 6.45) is 1.22. The fraction of sp³-hybridized carbons (Fsp3) is 0.583. The Morgan fingerprint density at radius 1 is 1.39 bits per heavy atom. The molecule has 0 amide bonds. The molecule has 0 spiro atoms. The van der Waals surface area contributed by atoms with Crippen molar-refractivity contribution in [1.82, 2.24) is 9.97 Å². The first-order chi connectivity index (χ1) is 8.42. The van der Waals surface area contributed by atoms with Gasteiger partial charge < -0.3 is 14.5 Å². The molecule has 100 valence electrons. The van der Waals surface area contributed by atoms with Crippen LogP contribution in [-0.4, -0.2) is 29.2 Å². The Morgan fingerprint density at radius 2 is 2.06 bits per heavy atom. The van der Waals surface area contributed by atoms with Crippen LogP contribution in [0.25, 0.3) is 0 Å². The molecule has 6 heteroatoms. The first-order valence-electron chi connectivity index (χ1n) is 5.83. The lowest BCUT2D eigenvalue weighted by atomic mass is 10.1. The Balaban J connectivity index is 3.06. The van der Waals surface area contributed by atoms with E-state index in [-0.39, 0.29) is 12.2 Å². The zero-order valence-corrected chi connectivity index (χ0v) is 11.1. The van der Waals surface area contributed by atoms with Gasteiger partial charge in [-0.1, -0.05) is 0 Å². The van der Waals surface area contributed by atoms with Crippen LogP contribution in [0.3, 0.4) is 0 Å². The van der Waals surface area contributed by atoms with Crippen LogP contribution >= 0.6 is 0 Å². The lowest BCUT2D eigenvalue weighted by Gasteiger charge is -2.23. The van der Waals surface area contributed by atoms with E-state index in [9.17, 15) is 9.59 Å². The molecule has 0 saturated heterocycles. The lowest BCUT2D eigenvalue weighted by molar-refractivity contribution is -0.0210. The summed E-state index contributed by atoms with van der Waals surface area (Å²) in [6.45, 7) is 7.82. The molecule has 0 fully saturated rings. The molecule has 0 unspecified atom stereocenters. The average Bonchev–Trinajstić information content (AvgIpc) is 2.29. The number of ether oxygens (including phenoxy) is 2.